The highest BCUT2D eigenvalue weighted by molar-refractivity contribution is 6.33. The Balaban J connectivity index is 1.61. The van der Waals surface area contributed by atoms with Crippen molar-refractivity contribution >= 4 is 11.6 Å². The van der Waals surface area contributed by atoms with Gasteiger partial charge in [0.25, 0.3) is 5.56 Å². The molecule has 2 aromatic carbocycles. The van der Waals surface area contributed by atoms with Crippen LogP contribution in [0.2, 0.25) is 5.02 Å². The number of nitrogens with zero attached hydrogens (tertiary/aromatic N) is 4. The number of hydrogen-bond acceptors (Lipinski definition) is 6. The second-order valence-electron chi connectivity index (χ2n) is 5.93. The van der Waals surface area contributed by atoms with Crippen molar-refractivity contribution in [2.75, 3.05) is 7.11 Å². The highest BCUT2D eigenvalue weighted by atomic mass is 35.5. The molecule has 8 heteroatoms. The van der Waals surface area contributed by atoms with Gasteiger partial charge in [-0.15, -0.1) is 0 Å². The lowest BCUT2D eigenvalue weighted by Crippen LogP contribution is -2.23. The van der Waals surface area contributed by atoms with Gasteiger partial charge in [-0.25, -0.2) is 4.68 Å². The molecule has 0 aliphatic heterocycles. The summed E-state index contributed by atoms with van der Waals surface area (Å²) >= 11 is 6.17. The second kappa shape index (κ2) is 7.66. The summed E-state index contributed by atoms with van der Waals surface area (Å²) in [6.45, 7) is 0.0558. The van der Waals surface area contributed by atoms with Gasteiger partial charge in [-0.2, -0.15) is 10.1 Å². The first kappa shape index (κ1) is 17.9. The van der Waals surface area contributed by atoms with Crippen LogP contribution in [-0.2, 0) is 6.54 Å². The lowest BCUT2D eigenvalue weighted by atomic mass is 10.1. The average molecular weight is 395 g/mol. The Morgan fingerprint density at radius 3 is 2.61 bits per heavy atom. The summed E-state index contributed by atoms with van der Waals surface area (Å²) in [6.07, 6.45) is 0. The van der Waals surface area contributed by atoms with E-state index in [9.17, 15) is 4.79 Å². The maximum Gasteiger partial charge on any atom is 0.267 e. The Morgan fingerprint density at radius 1 is 1.07 bits per heavy atom. The van der Waals surface area contributed by atoms with Crippen LogP contribution in [0.1, 0.15) is 5.89 Å². The summed E-state index contributed by atoms with van der Waals surface area (Å²) in [4.78, 5) is 16.5. The van der Waals surface area contributed by atoms with Crippen molar-refractivity contribution in [1.82, 2.24) is 19.9 Å². The Bertz CT molecular complexity index is 1170. The van der Waals surface area contributed by atoms with Crippen molar-refractivity contribution in [3.63, 3.8) is 0 Å². The fraction of sp³-hybridized carbons (Fsp3) is 0.100. The van der Waals surface area contributed by atoms with Crippen molar-refractivity contribution < 1.29 is 9.26 Å². The molecular weight excluding hydrogens is 380 g/mol. The monoisotopic (exact) mass is 394 g/mol. The molecule has 28 heavy (non-hydrogen) atoms. The minimum atomic E-state index is -0.269. The zero-order valence-electron chi connectivity index (χ0n) is 14.9. The normalized spacial score (nSPS) is 10.8. The first-order valence-corrected chi connectivity index (χ1v) is 8.82. The molecule has 7 nitrogen and oxygen atoms in total. The molecule has 0 spiro atoms. The Kier molecular flexibility index (Phi) is 4.90. The van der Waals surface area contributed by atoms with Crippen molar-refractivity contribution in [2.24, 2.45) is 0 Å². The van der Waals surface area contributed by atoms with Crippen LogP contribution in [0.3, 0.4) is 0 Å². The van der Waals surface area contributed by atoms with Crippen LogP contribution in [0.5, 0.6) is 5.75 Å². The lowest BCUT2D eigenvalue weighted by molar-refractivity contribution is 0.363. The summed E-state index contributed by atoms with van der Waals surface area (Å²) < 4.78 is 11.7. The van der Waals surface area contributed by atoms with Crippen LogP contribution >= 0.6 is 11.6 Å². The number of aromatic nitrogens is 4. The van der Waals surface area contributed by atoms with Gasteiger partial charge < -0.3 is 9.26 Å². The van der Waals surface area contributed by atoms with Gasteiger partial charge in [0.05, 0.1) is 17.8 Å². The van der Waals surface area contributed by atoms with Gasteiger partial charge in [0.15, 0.2) is 0 Å². The number of methoxy groups -OCH3 is 1. The molecule has 0 radical (unpaired) electrons. The number of hydrogen-bond donors (Lipinski definition) is 0. The number of halogens is 1. The van der Waals surface area contributed by atoms with Crippen molar-refractivity contribution in [1.29, 1.82) is 0 Å². The summed E-state index contributed by atoms with van der Waals surface area (Å²) in [5.74, 6) is 1.37. The Morgan fingerprint density at radius 2 is 1.86 bits per heavy atom. The molecule has 140 valence electrons. The highest BCUT2D eigenvalue weighted by Crippen LogP contribution is 2.25. The maximum absolute atomic E-state index is 12.2. The van der Waals surface area contributed by atoms with Crippen LogP contribution in [-0.4, -0.2) is 27.0 Å². The number of ether oxygens (including phenoxy) is 1. The minimum Gasteiger partial charge on any atom is -0.497 e. The zero-order chi connectivity index (χ0) is 19.5. The van der Waals surface area contributed by atoms with Gasteiger partial charge >= 0.3 is 0 Å². The smallest absolute Gasteiger partial charge is 0.267 e. The van der Waals surface area contributed by atoms with Crippen LogP contribution in [0.25, 0.3) is 22.6 Å². The van der Waals surface area contributed by atoms with E-state index >= 15 is 0 Å². The summed E-state index contributed by atoms with van der Waals surface area (Å²) in [7, 11) is 1.61. The van der Waals surface area contributed by atoms with E-state index in [0.29, 0.717) is 22.1 Å². The molecule has 0 atom stereocenters. The number of rotatable bonds is 5. The lowest BCUT2D eigenvalue weighted by Gasteiger charge is -2.06. The van der Waals surface area contributed by atoms with E-state index in [0.717, 1.165) is 11.3 Å². The molecule has 2 aromatic heterocycles. The molecular formula is C20H15ClN4O3. The molecule has 4 aromatic rings. The molecule has 0 bridgehead atoms. The third-order valence-electron chi connectivity index (χ3n) is 4.12. The maximum atomic E-state index is 12.2. The van der Waals surface area contributed by atoms with Crippen LogP contribution in [0, 0.1) is 0 Å². The Labute approximate surface area is 165 Å². The minimum absolute atomic E-state index is 0.0558. The SMILES string of the molecule is COc1ccc(-c2ccc(=O)n(Cc3nc(-c4ccccc4Cl)no3)n2)cc1. The first-order chi connectivity index (χ1) is 13.6. The summed E-state index contributed by atoms with van der Waals surface area (Å²) in [6, 6.07) is 17.7. The number of benzene rings is 2. The van der Waals surface area contributed by atoms with Crippen molar-refractivity contribution in [2.45, 2.75) is 6.54 Å². The molecule has 0 saturated heterocycles. The van der Waals surface area contributed by atoms with Gasteiger partial charge in [-0.3, -0.25) is 4.79 Å². The van der Waals surface area contributed by atoms with E-state index in [-0.39, 0.29) is 18.0 Å². The molecule has 2 heterocycles. The van der Waals surface area contributed by atoms with E-state index in [1.165, 1.54) is 10.7 Å². The van der Waals surface area contributed by atoms with E-state index in [4.69, 9.17) is 20.9 Å². The second-order valence-corrected chi connectivity index (χ2v) is 6.34. The highest BCUT2D eigenvalue weighted by Gasteiger charge is 2.13. The fourth-order valence-electron chi connectivity index (χ4n) is 2.68. The molecule has 0 aliphatic rings. The van der Waals surface area contributed by atoms with Crippen LogP contribution in [0.4, 0.5) is 0 Å². The molecule has 0 unspecified atom stereocenters. The quantitative estimate of drug-likeness (QED) is 0.513. The molecule has 0 N–H and O–H groups in total. The fourth-order valence-corrected chi connectivity index (χ4v) is 2.90. The first-order valence-electron chi connectivity index (χ1n) is 8.44. The third kappa shape index (κ3) is 3.65. The standard InChI is InChI=1S/C20H15ClN4O3/c1-27-14-8-6-13(7-9-14)17-10-11-19(26)25(23-17)12-18-22-20(24-28-18)15-4-2-3-5-16(15)21/h2-11H,12H2,1H3. The zero-order valence-corrected chi connectivity index (χ0v) is 15.6. The van der Waals surface area contributed by atoms with E-state index in [1.807, 2.05) is 36.4 Å². The van der Waals surface area contributed by atoms with Gasteiger partial charge in [0.1, 0.15) is 12.3 Å². The predicted molar refractivity (Wildman–Crippen MR) is 104 cm³/mol. The largest absolute Gasteiger partial charge is 0.497 e. The van der Waals surface area contributed by atoms with Crippen molar-refractivity contribution in [3.05, 3.63) is 81.9 Å². The Hall–Kier alpha value is -3.45. The van der Waals surface area contributed by atoms with E-state index < -0.39 is 0 Å². The van der Waals surface area contributed by atoms with Crippen LogP contribution < -0.4 is 10.3 Å². The molecule has 0 fully saturated rings. The van der Waals surface area contributed by atoms with E-state index in [2.05, 4.69) is 15.2 Å². The molecule has 0 amide bonds. The summed E-state index contributed by atoms with van der Waals surface area (Å²) in [5, 5.41) is 8.87. The predicted octanol–water partition coefficient (Wildman–Crippen LogP) is 3.67. The average Bonchev–Trinajstić information content (AvgIpc) is 3.18. The third-order valence-corrected chi connectivity index (χ3v) is 4.45. The van der Waals surface area contributed by atoms with Gasteiger partial charge in [-0.1, -0.05) is 28.9 Å². The van der Waals surface area contributed by atoms with Crippen LogP contribution in [0.15, 0.2) is 70.0 Å². The topological polar surface area (TPSA) is 83.0 Å². The van der Waals surface area contributed by atoms with Crippen molar-refractivity contribution in [3.8, 4) is 28.4 Å². The van der Waals surface area contributed by atoms with Gasteiger partial charge in [-0.05, 0) is 42.5 Å². The molecule has 4 rings (SSSR count). The van der Waals surface area contributed by atoms with Gasteiger partial charge in [0.2, 0.25) is 11.7 Å². The van der Waals surface area contributed by atoms with Gasteiger partial charge in [0, 0.05) is 17.2 Å². The van der Waals surface area contributed by atoms with E-state index in [1.54, 1.807) is 25.3 Å². The summed E-state index contributed by atoms with van der Waals surface area (Å²) in [5.41, 5.74) is 1.89. The molecule has 0 saturated carbocycles. The molecule has 0 aliphatic carbocycles.